The Bertz CT molecular complexity index is 751. The van der Waals surface area contributed by atoms with E-state index in [1.807, 2.05) is 20.8 Å². The van der Waals surface area contributed by atoms with Crippen LogP contribution in [0.15, 0.2) is 29.7 Å². The summed E-state index contributed by atoms with van der Waals surface area (Å²) in [5, 5.41) is 16.1. The molecule has 1 N–H and O–H groups in total. The van der Waals surface area contributed by atoms with Crippen molar-refractivity contribution in [2.24, 2.45) is 5.41 Å². The molecule has 0 saturated heterocycles. The second kappa shape index (κ2) is 9.26. The van der Waals surface area contributed by atoms with Crippen molar-refractivity contribution in [3.05, 3.63) is 35.4 Å². The van der Waals surface area contributed by atoms with Gasteiger partial charge in [-0.25, -0.2) is 14.1 Å². The topological polar surface area (TPSA) is 60.2 Å². The minimum Gasteiger partial charge on any atom is -0.492 e. The molecule has 0 aliphatic heterocycles. The van der Waals surface area contributed by atoms with Crippen molar-refractivity contribution in [3.63, 3.8) is 0 Å². The quantitative estimate of drug-likeness (QED) is 0.457. The third-order valence-electron chi connectivity index (χ3n) is 4.79. The number of nitrogens with zero attached hydrogens (tertiary/aromatic N) is 3. The Labute approximate surface area is 170 Å². The number of rotatable bonds is 9. The molecule has 0 radical (unpaired) electrons. The van der Waals surface area contributed by atoms with Gasteiger partial charge in [-0.05, 0) is 42.9 Å². The number of benzene rings is 1. The largest absolute Gasteiger partial charge is 0.492 e. The molecule has 1 aromatic carbocycles. The molecule has 5 nitrogen and oxygen atoms in total. The molecule has 0 fully saturated rings. The van der Waals surface area contributed by atoms with Gasteiger partial charge in [-0.1, -0.05) is 38.8 Å². The van der Waals surface area contributed by atoms with Crippen molar-refractivity contribution in [1.82, 2.24) is 14.8 Å². The minimum atomic E-state index is -0.931. The second-order valence-electron chi connectivity index (χ2n) is 7.73. The van der Waals surface area contributed by atoms with Gasteiger partial charge in [0.05, 0.1) is 23.8 Å². The lowest BCUT2D eigenvalue weighted by atomic mass is 9.73. The molecule has 0 spiro atoms. The predicted molar refractivity (Wildman–Crippen MR) is 107 cm³/mol. The number of hydrogen-bond acceptors (Lipinski definition) is 5. The van der Waals surface area contributed by atoms with Gasteiger partial charge in [-0.3, -0.25) is 0 Å². The van der Waals surface area contributed by atoms with Gasteiger partial charge in [0.1, 0.15) is 17.9 Å². The van der Waals surface area contributed by atoms with Crippen molar-refractivity contribution in [3.8, 4) is 5.75 Å². The maximum Gasteiger partial charge on any atom is 0.183 e. The molecule has 150 valence electrons. The van der Waals surface area contributed by atoms with Gasteiger partial charge in [0.25, 0.3) is 0 Å². The Morgan fingerprint density at radius 1 is 1.26 bits per heavy atom. The molecule has 0 saturated carbocycles. The fourth-order valence-electron chi connectivity index (χ4n) is 2.78. The Morgan fingerprint density at radius 2 is 2.00 bits per heavy atom. The summed E-state index contributed by atoms with van der Waals surface area (Å²) < 4.78 is 20.2. The normalized spacial score (nSPS) is 14.2. The van der Waals surface area contributed by atoms with Crippen LogP contribution in [0.1, 0.15) is 46.5 Å². The number of aliphatic hydroxyl groups is 1. The lowest BCUT2D eigenvalue weighted by Crippen LogP contribution is -2.46. The molecular formula is C19H27ClFN3O2S. The molecule has 0 bridgehead atoms. The van der Waals surface area contributed by atoms with Crippen LogP contribution in [0, 0.1) is 11.2 Å². The van der Waals surface area contributed by atoms with Crippen LogP contribution in [0.4, 0.5) is 4.39 Å². The zero-order valence-corrected chi connectivity index (χ0v) is 17.6. The van der Waals surface area contributed by atoms with Gasteiger partial charge in [0, 0.05) is 0 Å². The molecule has 1 atom stereocenters. The smallest absolute Gasteiger partial charge is 0.183 e. The molecule has 1 aromatic heterocycles. The summed E-state index contributed by atoms with van der Waals surface area (Å²) in [6.45, 7) is 6.88. The first-order valence-corrected chi connectivity index (χ1v) is 9.82. The van der Waals surface area contributed by atoms with Gasteiger partial charge < -0.3 is 9.84 Å². The number of ether oxygens (including phenoxy) is 1. The van der Waals surface area contributed by atoms with Gasteiger partial charge in [-0.2, -0.15) is 5.10 Å². The third-order valence-corrected chi connectivity index (χ3v) is 5.43. The summed E-state index contributed by atoms with van der Waals surface area (Å²) in [6, 6.07) is 4.09. The monoisotopic (exact) mass is 415 g/mol. The summed E-state index contributed by atoms with van der Waals surface area (Å²) in [4.78, 5) is 4.00. The van der Waals surface area contributed by atoms with Crippen molar-refractivity contribution >= 4 is 24.2 Å². The third kappa shape index (κ3) is 6.09. The summed E-state index contributed by atoms with van der Waals surface area (Å²) in [5.74, 6) is 0.0994. The predicted octanol–water partition coefficient (Wildman–Crippen LogP) is 4.78. The van der Waals surface area contributed by atoms with E-state index in [9.17, 15) is 9.50 Å². The van der Waals surface area contributed by atoms with E-state index in [0.29, 0.717) is 30.5 Å². The minimum absolute atomic E-state index is 0.271. The number of hydrogen-bond donors (Lipinski definition) is 2. The highest BCUT2D eigenvalue weighted by Gasteiger charge is 2.40. The fourth-order valence-corrected chi connectivity index (χ4v) is 3.18. The maximum absolute atomic E-state index is 13.0. The van der Waals surface area contributed by atoms with Crippen LogP contribution in [0.2, 0.25) is 5.02 Å². The Balaban J connectivity index is 1.81. The molecule has 0 amide bonds. The lowest BCUT2D eigenvalue weighted by molar-refractivity contribution is -0.0831. The fraction of sp³-hybridized carbons (Fsp3) is 0.579. The lowest BCUT2D eigenvalue weighted by Gasteiger charge is -2.40. The van der Waals surface area contributed by atoms with Crippen molar-refractivity contribution < 1.29 is 14.2 Å². The van der Waals surface area contributed by atoms with E-state index >= 15 is 0 Å². The number of halogens is 2. The van der Waals surface area contributed by atoms with Crippen LogP contribution in [0.25, 0.3) is 0 Å². The van der Waals surface area contributed by atoms with Gasteiger partial charge in [0.2, 0.25) is 0 Å². The number of aromatic nitrogens is 3. The van der Waals surface area contributed by atoms with Crippen molar-refractivity contribution in [2.75, 3.05) is 6.61 Å². The van der Waals surface area contributed by atoms with Crippen LogP contribution in [0.5, 0.6) is 5.75 Å². The number of thiol groups is 1. The SMILES string of the molecule is CC(C)(C)C(O)(CCCCCOc1ccc(F)cc1Cl)Cn1ncnc1S. The van der Waals surface area contributed by atoms with Gasteiger partial charge in [-0.15, -0.1) is 12.6 Å². The summed E-state index contributed by atoms with van der Waals surface area (Å²) in [6.07, 6.45) is 4.60. The molecule has 2 rings (SSSR count). The van der Waals surface area contributed by atoms with Crippen molar-refractivity contribution in [1.29, 1.82) is 0 Å². The summed E-state index contributed by atoms with van der Waals surface area (Å²) >= 11 is 10.2. The highest BCUT2D eigenvalue weighted by atomic mass is 35.5. The Kier molecular flexibility index (Phi) is 7.54. The van der Waals surface area contributed by atoms with E-state index in [1.165, 1.54) is 24.5 Å². The molecule has 27 heavy (non-hydrogen) atoms. The molecule has 0 aliphatic rings. The van der Waals surface area contributed by atoms with Crippen LogP contribution < -0.4 is 4.74 Å². The average molecular weight is 416 g/mol. The van der Waals surface area contributed by atoms with E-state index in [-0.39, 0.29) is 16.3 Å². The summed E-state index contributed by atoms with van der Waals surface area (Å²) in [5.41, 5.74) is -1.25. The second-order valence-corrected chi connectivity index (χ2v) is 8.54. The van der Waals surface area contributed by atoms with Crippen LogP contribution >= 0.6 is 24.2 Å². The maximum atomic E-state index is 13.0. The van der Waals surface area contributed by atoms with Crippen LogP contribution in [-0.2, 0) is 6.54 Å². The van der Waals surface area contributed by atoms with E-state index in [1.54, 1.807) is 4.68 Å². The standard InChI is InChI=1S/C19H27ClFN3O2S/c1-18(2,3)19(25,12-24-17(27)22-13-23-24)9-5-4-6-10-26-16-8-7-14(21)11-15(16)20/h7-8,11,13,25H,4-6,9-10,12H2,1-3H3,(H,22,23,27). The highest BCUT2D eigenvalue weighted by molar-refractivity contribution is 7.80. The molecule has 2 aromatic rings. The highest BCUT2D eigenvalue weighted by Crippen LogP contribution is 2.36. The zero-order chi connectivity index (χ0) is 20.1. The first kappa shape index (κ1) is 22.0. The van der Waals surface area contributed by atoms with E-state index in [4.69, 9.17) is 16.3 Å². The van der Waals surface area contributed by atoms with Gasteiger partial charge in [0.15, 0.2) is 5.16 Å². The molecule has 8 heteroatoms. The first-order chi connectivity index (χ1) is 12.6. The van der Waals surface area contributed by atoms with E-state index < -0.39 is 5.60 Å². The van der Waals surface area contributed by atoms with Crippen LogP contribution in [-0.4, -0.2) is 32.1 Å². The molecular weight excluding hydrogens is 389 g/mol. The molecule has 0 aliphatic carbocycles. The van der Waals surface area contributed by atoms with E-state index in [2.05, 4.69) is 22.7 Å². The summed E-state index contributed by atoms with van der Waals surface area (Å²) in [7, 11) is 0. The molecule has 1 unspecified atom stereocenters. The first-order valence-electron chi connectivity index (χ1n) is 8.99. The average Bonchev–Trinajstić information content (AvgIpc) is 2.96. The van der Waals surface area contributed by atoms with Crippen LogP contribution in [0.3, 0.4) is 0 Å². The Morgan fingerprint density at radius 3 is 2.59 bits per heavy atom. The Hall–Kier alpha value is -1.31. The zero-order valence-electron chi connectivity index (χ0n) is 16.0. The number of unbranched alkanes of at least 4 members (excludes halogenated alkanes) is 2. The van der Waals surface area contributed by atoms with E-state index in [0.717, 1.165) is 19.3 Å². The van der Waals surface area contributed by atoms with Crippen molar-refractivity contribution in [2.45, 2.75) is 63.8 Å². The van der Waals surface area contributed by atoms with Gasteiger partial charge >= 0.3 is 0 Å². The molecule has 1 heterocycles.